The number of hydrogen-bond donors (Lipinski definition) is 2. The summed E-state index contributed by atoms with van der Waals surface area (Å²) in [6.07, 6.45) is 3.37. The maximum Gasteiger partial charge on any atom is 0.274 e. The Balaban J connectivity index is 1.57. The van der Waals surface area contributed by atoms with Gasteiger partial charge in [0.2, 0.25) is 0 Å². The van der Waals surface area contributed by atoms with Crippen LogP contribution in [0.4, 0.5) is 15.8 Å². The number of carbonyl (C=O) groups is 1. The zero-order valence-corrected chi connectivity index (χ0v) is 24.1. The van der Waals surface area contributed by atoms with Crippen LogP contribution >= 0.6 is 0 Å². The summed E-state index contributed by atoms with van der Waals surface area (Å²) in [5, 5.41) is 3.04. The van der Waals surface area contributed by atoms with Crippen molar-refractivity contribution in [2.75, 3.05) is 37.5 Å². The number of methoxy groups -OCH3 is 2. The number of halogens is 1. The molecule has 1 aliphatic rings. The molecular formula is C30H36FN7O3. The quantitative estimate of drug-likeness (QED) is 0.305. The zero-order valence-electron chi connectivity index (χ0n) is 24.1. The van der Waals surface area contributed by atoms with Crippen molar-refractivity contribution in [1.82, 2.24) is 19.5 Å². The number of fused-ring (bicyclic) bond motifs is 1. The third-order valence-corrected chi connectivity index (χ3v) is 7.67. The number of ether oxygens (including phenoxy) is 2. The average molecular weight is 562 g/mol. The molecule has 4 aromatic rings. The van der Waals surface area contributed by atoms with Crippen LogP contribution in [0.5, 0.6) is 5.75 Å². The largest absolute Gasteiger partial charge is 0.496 e. The zero-order chi connectivity index (χ0) is 29.3. The normalized spacial score (nSPS) is 15.5. The molecule has 0 saturated carbocycles. The molecule has 2 aromatic heterocycles. The first-order valence-corrected chi connectivity index (χ1v) is 13.7. The Morgan fingerprint density at radius 3 is 2.73 bits per heavy atom. The van der Waals surface area contributed by atoms with Crippen molar-refractivity contribution in [2.24, 2.45) is 5.73 Å². The van der Waals surface area contributed by atoms with E-state index in [1.54, 1.807) is 13.2 Å². The molecule has 3 N–H and O–H groups in total. The lowest BCUT2D eigenvalue weighted by atomic mass is 10.1. The third kappa shape index (κ3) is 5.47. The second-order valence-corrected chi connectivity index (χ2v) is 10.8. The highest BCUT2D eigenvalue weighted by molar-refractivity contribution is 6.08. The molecule has 1 aliphatic heterocycles. The van der Waals surface area contributed by atoms with Gasteiger partial charge in [-0.2, -0.15) is 0 Å². The van der Waals surface area contributed by atoms with E-state index in [0.29, 0.717) is 18.8 Å². The standard InChI is InChI=1S/C30H36FN7O3/c1-18-34-26-23(38(18)17-30(2,3)41-5)12-11-21(27(26)37-15-7-8-19(37)16-32)36-29(39)22-13-14-33-28(35-22)25-20(31)9-6-10-24(25)40-4/h6,9-14,19H,7-8,15-17,32H2,1-5H3,(H,36,39). The van der Waals surface area contributed by atoms with Crippen molar-refractivity contribution < 1.29 is 18.7 Å². The smallest absolute Gasteiger partial charge is 0.274 e. The monoisotopic (exact) mass is 561 g/mol. The summed E-state index contributed by atoms with van der Waals surface area (Å²) in [6, 6.07) is 9.93. The Morgan fingerprint density at radius 1 is 1.20 bits per heavy atom. The van der Waals surface area contributed by atoms with Crippen LogP contribution in [0.2, 0.25) is 0 Å². The summed E-state index contributed by atoms with van der Waals surface area (Å²) in [4.78, 5) is 29.4. The number of aryl methyl sites for hydroxylation is 1. The van der Waals surface area contributed by atoms with Crippen LogP contribution in [0.15, 0.2) is 42.6 Å². The van der Waals surface area contributed by atoms with E-state index in [1.165, 1.54) is 31.5 Å². The highest BCUT2D eigenvalue weighted by Crippen LogP contribution is 2.39. The van der Waals surface area contributed by atoms with E-state index in [9.17, 15) is 9.18 Å². The number of nitrogens with one attached hydrogen (secondary N) is 1. The topological polar surface area (TPSA) is 120 Å². The maximum absolute atomic E-state index is 14.7. The average Bonchev–Trinajstić information content (AvgIpc) is 3.56. The third-order valence-electron chi connectivity index (χ3n) is 7.67. The molecule has 1 fully saturated rings. The minimum atomic E-state index is -0.542. The molecule has 0 spiro atoms. The van der Waals surface area contributed by atoms with Gasteiger partial charge in [-0.3, -0.25) is 4.79 Å². The fourth-order valence-corrected chi connectivity index (χ4v) is 5.39. The fourth-order valence-electron chi connectivity index (χ4n) is 5.39. The second-order valence-electron chi connectivity index (χ2n) is 10.8. The van der Waals surface area contributed by atoms with Crippen LogP contribution in [0, 0.1) is 12.7 Å². The van der Waals surface area contributed by atoms with E-state index in [2.05, 4.69) is 24.8 Å². The van der Waals surface area contributed by atoms with Gasteiger partial charge in [0.05, 0.1) is 41.7 Å². The van der Waals surface area contributed by atoms with Crippen LogP contribution in [-0.4, -0.2) is 64.4 Å². The Morgan fingerprint density at radius 2 is 2.00 bits per heavy atom. The fraction of sp³-hybridized carbons (Fsp3) is 0.400. The number of aromatic nitrogens is 4. The van der Waals surface area contributed by atoms with Gasteiger partial charge in [0, 0.05) is 32.4 Å². The van der Waals surface area contributed by atoms with E-state index >= 15 is 0 Å². The van der Waals surface area contributed by atoms with Gasteiger partial charge in [0.15, 0.2) is 5.82 Å². The van der Waals surface area contributed by atoms with Crippen molar-refractivity contribution in [3.8, 4) is 17.1 Å². The summed E-state index contributed by atoms with van der Waals surface area (Å²) in [5.74, 6) is 0.183. The molecule has 0 aliphatic carbocycles. The lowest BCUT2D eigenvalue weighted by Gasteiger charge is -2.29. The number of benzene rings is 2. The lowest BCUT2D eigenvalue weighted by molar-refractivity contribution is 0.00859. The molecule has 5 rings (SSSR count). The molecule has 11 heteroatoms. The molecule has 1 saturated heterocycles. The number of carbonyl (C=O) groups excluding carboxylic acids is 1. The number of amides is 1. The van der Waals surface area contributed by atoms with Crippen LogP contribution in [-0.2, 0) is 11.3 Å². The molecule has 41 heavy (non-hydrogen) atoms. The van der Waals surface area contributed by atoms with Crippen LogP contribution < -0.4 is 20.7 Å². The lowest BCUT2D eigenvalue weighted by Crippen LogP contribution is -2.36. The van der Waals surface area contributed by atoms with E-state index in [0.717, 1.165) is 41.9 Å². The number of imidazole rings is 1. The molecule has 3 heterocycles. The van der Waals surface area contributed by atoms with Crippen molar-refractivity contribution in [3.63, 3.8) is 0 Å². The highest BCUT2D eigenvalue weighted by atomic mass is 19.1. The minimum Gasteiger partial charge on any atom is -0.496 e. The number of nitrogens with zero attached hydrogens (tertiary/aromatic N) is 5. The van der Waals surface area contributed by atoms with Crippen LogP contribution in [0.25, 0.3) is 22.4 Å². The molecule has 10 nitrogen and oxygen atoms in total. The number of nitrogens with two attached hydrogens (primary N) is 1. The van der Waals surface area contributed by atoms with Gasteiger partial charge >= 0.3 is 0 Å². The number of anilines is 2. The Kier molecular flexibility index (Phi) is 7.92. The van der Waals surface area contributed by atoms with Gasteiger partial charge in [0.1, 0.15) is 28.6 Å². The summed E-state index contributed by atoms with van der Waals surface area (Å²) in [7, 11) is 3.14. The van der Waals surface area contributed by atoms with Crippen LogP contribution in [0.1, 0.15) is 43.0 Å². The number of hydrogen-bond acceptors (Lipinski definition) is 8. The Hall–Kier alpha value is -4.09. The van der Waals surface area contributed by atoms with E-state index in [-0.39, 0.29) is 28.9 Å². The summed E-state index contributed by atoms with van der Waals surface area (Å²) < 4.78 is 27.9. The van der Waals surface area contributed by atoms with Crippen LogP contribution in [0.3, 0.4) is 0 Å². The predicted octanol–water partition coefficient (Wildman–Crippen LogP) is 4.55. The predicted molar refractivity (Wildman–Crippen MR) is 157 cm³/mol. The molecule has 0 bridgehead atoms. The van der Waals surface area contributed by atoms with Gasteiger partial charge < -0.3 is 30.0 Å². The van der Waals surface area contributed by atoms with Gasteiger partial charge in [-0.1, -0.05) is 6.07 Å². The van der Waals surface area contributed by atoms with E-state index in [1.807, 2.05) is 32.9 Å². The minimum absolute atomic E-state index is 0.0566. The highest BCUT2D eigenvalue weighted by Gasteiger charge is 2.30. The molecule has 216 valence electrons. The molecule has 1 amide bonds. The Bertz CT molecular complexity index is 1590. The molecule has 1 atom stereocenters. The second kappa shape index (κ2) is 11.4. The summed E-state index contributed by atoms with van der Waals surface area (Å²) in [6.45, 7) is 7.93. The van der Waals surface area contributed by atoms with Gasteiger partial charge in [-0.05, 0) is 63.9 Å². The molecular weight excluding hydrogens is 525 g/mol. The van der Waals surface area contributed by atoms with Crippen molar-refractivity contribution in [3.05, 3.63) is 59.9 Å². The van der Waals surface area contributed by atoms with E-state index < -0.39 is 17.3 Å². The Labute approximate surface area is 238 Å². The first-order chi connectivity index (χ1) is 19.7. The molecule has 1 unspecified atom stereocenters. The van der Waals surface area contributed by atoms with Crippen molar-refractivity contribution >= 4 is 28.3 Å². The van der Waals surface area contributed by atoms with Crippen molar-refractivity contribution in [2.45, 2.75) is 51.8 Å². The first-order valence-electron chi connectivity index (χ1n) is 13.7. The summed E-state index contributed by atoms with van der Waals surface area (Å²) >= 11 is 0. The molecule has 0 radical (unpaired) electrons. The van der Waals surface area contributed by atoms with E-state index in [4.69, 9.17) is 20.2 Å². The van der Waals surface area contributed by atoms with Crippen molar-refractivity contribution in [1.29, 1.82) is 0 Å². The molecule has 2 aromatic carbocycles. The van der Waals surface area contributed by atoms with Gasteiger partial charge in [0.25, 0.3) is 5.91 Å². The first kappa shape index (κ1) is 28.4. The van der Waals surface area contributed by atoms with Gasteiger partial charge in [-0.25, -0.2) is 19.3 Å². The SMILES string of the molecule is COc1cccc(F)c1-c1nccc(C(=O)Nc2ccc3c(nc(C)n3CC(C)(C)OC)c2N2CCCC2CN)n1. The van der Waals surface area contributed by atoms with Gasteiger partial charge in [-0.15, -0.1) is 0 Å². The summed E-state index contributed by atoms with van der Waals surface area (Å²) in [5.41, 5.74) is 9.10. The maximum atomic E-state index is 14.7. The number of rotatable bonds is 9.